The van der Waals surface area contributed by atoms with Crippen LogP contribution in [0.15, 0.2) is 36.7 Å². The molecule has 1 fully saturated rings. The highest BCUT2D eigenvalue weighted by atomic mass is 35.5. The Morgan fingerprint density at radius 3 is 2.79 bits per heavy atom. The quantitative estimate of drug-likeness (QED) is 0.667. The lowest BCUT2D eigenvalue weighted by Crippen LogP contribution is -2.32. The molecule has 0 spiro atoms. The second-order valence-electron chi connectivity index (χ2n) is 7.23. The standard InChI is InChI=1S/C20H25N7O.ClH/c1-14-10-15(2)27(24-14)19-6-5-16(11-22-19)12-23-20(28)18-7-9-26(25-18)17-4-3-8-21-13-17;/h5-7,9-11,17,21H,3-4,8,12-13H2,1-2H3,(H,23,28);1H. The van der Waals surface area contributed by atoms with Crippen molar-refractivity contribution in [2.45, 2.75) is 39.3 Å². The third-order valence-electron chi connectivity index (χ3n) is 4.97. The zero-order chi connectivity index (χ0) is 19.5. The summed E-state index contributed by atoms with van der Waals surface area (Å²) in [5.41, 5.74) is 3.36. The molecule has 0 saturated carbocycles. The van der Waals surface area contributed by atoms with E-state index in [0.29, 0.717) is 18.3 Å². The van der Waals surface area contributed by atoms with Gasteiger partial charge in [-0.1, -0.05) is 6.07 Å². The van der Waals surface area contributed by atoms with Crippen LogP contribution in [0.25, 0.3) is 5.82 Å². The smallest absolute Gasteiger partial charge is 0.272 e. The van der Waals surface area contributed by atoms with E-state index in [0.717, 1.165) is 48.7 Å². The maximum Gasteiger partial charge on any atom is 0.272 e. The number of nitrogens with one attached hydrogen (secondary N) is 2. The molecule has 0 aliphatic carbocycles. The first-order valence-electron chi connectivity index (χ1n) is 9.63. The Bertz CT molecular complexity index is 958. The van der Waals surface area contributed by atoms with Gasteiger partial charge in [0, 0.05) is 31.2 Å². The third-order valence-corrected chi connectivity index (χ3v) is 4.97. The van der Waals surface area contributed by atoms with Crippen LogP contribution in [-0.2, 0) is 6.54 Å². The largest absolute Gasteiger partial charge is 0.347 e. The molecule has 2 N–H and O–H groups in total. The lowest BCUT2D eigenvalue weighted by atomic mass is 10.1. The summed E-state index contributed by atoms with van der Waals surface area (Å²) in [5.74, 6) is 0.589. The van der Waals surface area contributed by atoms with Crippen LogP contribution in [0.4, 0.5) is 0 Å². The van der Waals surface area contributed by atoms with Crippen molar-refractivity contribution < 1.29 is 4.79 Å². The number of hydrogen-bond acceptors (Lipinski definition) is 5. The Balaban J connectivity index is 0.00000240. The van der Waals surface area contributed by atoms with Crippen molar-refractivity contribution in [3.8, 4) is 5.82 Å². The van der Waals surface area contributed by atoms with Crippen molar-refractivity contribution in [3.05, 3.63) is 59.3 Å². The average molecular weight is 416 g/mol. The van der Waals surface area contributed by atoms with E-state index in [4.69, 9.17) is 0 Å². The molecule has 3 aromatic rings. The van der Waals surface area contributed by atoms with E-state index in [1.54, 1.807) is 12.3 Å². The molecule has 0 radical (unpaired) electrons. The zero-order valence-electron chi connectivity index (χ0n) is 16.6. The lowest BCUT2D eigenvalue weighted by molar-refractivity contribution is 0.0944. The summed E-state index contributed by atoms with van der Waals surface area (Å²) in [7, 11) is 0. The highest BCUT2D eigenvalue weighted by Gasteiger charge is 2.17. The van der Waals surface area contributed by atoms with E-state index in [2.05, 4.69) is 25.8 Å². The maximum atomic E-state index is 12.4. The molecule has 1 unspecified atom stereocenters. The lowest BCUT2D eigenvalue weighted by Gasteiger charge is -2.22. The molecular formula is C20H26ClN7O. The number of pyridine rings is 1. The molecule has 4 heterocycles. The molecule has 0 aromatic carbocycles. The van der Waals surface area contributed by atoms with Crippen LogP contribution in [0.5, 0.6) is 0 Å². The number of hydrogen-bond donors (Lipinski definition) is 2. The van der Waals surface area contributed by atoms with Gasteiger partial charge in [-0.15, -0.1) is 12.4 Å². The minimum Gasteiger partial charge on any atom is -0.347 e. The SMILES string of the molecule is Cc1cc(C)n(-c2ccc(CNC(=O)c3ccn(C4CCCNC4)n3)cn2)n1.Cl. The van der Waals surface area contributed by atoms with Gasteiger partial charge in [-0.05, 0) is 57.0 Å². The predicted molar refractivity (Wildman–Crippen MR) is 113 cm³/mol. The van der Waals surface area contributed by atoms with Crippen LogP contribution in [0.1, 0.15) is 46.3 Å². The van der Waals surface area contributed by atoms with Crippen LogP contribution in [0.3, 0.4) is 0 Å². The first kappa shape index (κ1) is 21.0. The molecule has 0 bridgehead atoms. The van der Waals surface area contributed by atoms with Gasteiger partial charge in [0.2, 0.25) is 0 Å². The number of rotatable bonds is 5. The second-order valence-corrected chi connectivity index (χ2v) is 7.23. The van der Waals surface area contributed by atoms with Gasteiger partial charge in [0.25, 0.3) is 5.91 Å². The molecule has 154 valence electrons. The molecule has 1 atom stereocenters. The van der Waals surface area contributed by atoms with Crippen molar-refractivity contribution in [1.82, 2.24) is 35.2 Å². The highest BCUT2D eigenvalue weighted by Crippen LogP contribution is 2.16. The summed E-state index contributed by atoms with van der Waals surface area (Å²) in [5, 5.41) is 15.2. The number of amides is 1. The van der Waals surface area contributed by atoms with E-state index in [1.165, 1.54) is 0 Å². The van der Waals surface area contributed by atoms with Gasteiger partial charge in [0.1, 0.15) is 5.69 Å². The van der Waals surface area contributed by atoms with E-state index in [9.17, 15) is 4.79 Å². The van der Waals surface area contributed by atoms with Gasteiger partial charge in [-0.25, -0.2) is 9.67 Å². The van der Waals surface area contributed by atoms with Gasteiger partial charge in [0.05, 0.1) is 11.7 Å². The Morgan fingerprint density at radius 2 is 2.14 bits per heavy atom. The fraction of sp³-hybridized carbons (Fsp3) is 0.400. The van der Waals surface area contributed by atoms with Gasteiger partial charge >= 0.3 is 0 Å². The summed E-state index contributed by atoms with van der Waals surface area (Å²) < 4.78 is 3.70. The number of halogens is 1. The molecule has 8 nitrogen and oxygen atoms in total. The molecule has 1 amide bonds. The molecule has 1 aliphatic heterocycles. The number of aryl methyl sites for hydroxylation is 2. The normalized spacial score (nSPS) is 16.3. The summed E-state index contributed by atoms with van der Waals surface area (Å²) >= 11 is 0. The van der Waals surface area contributed by atoms with Crippen molar-refractivity contribution in [2.75, 3.05) is 13.1 Å². The summed E-state index contributed by atoms with van der Waals surface area (Å²) in [6.45, 7) is 6.31. The van der Waals surface area contributed by atoms with E-state index in [-0.39, 0.29) is 18.3 Å². The van der Waals surface area contributed by atoms with Crippen LogP contribution < -0.4 is 10.6 Å². The summed E-state index contributed by atoms with van der Waals surface area (Å²) in [6.07, 6.45) is 5.87. The molecular weight excluding hydrogens is 390 g/mol. The van der Waals surface area contributed by atoms with Crippen molar-refractivity contribution in [2.24, 2.45) is 0 Å². The van der Waals surface area contributed by atoms with Crippen molar-refractivity contribution in [3.63, 3.8) is 0 Å². The number of nitrogens with zero attached hydrogens (tertiary/aromatic N) is 5. The molecule has 1 saturated heterocycles. The fourth-order valence-corrected chi connectivity index (χ4v) is 3.50. The summed E-state index contributed by atoms with van der Waals surface area (Å²) in [4.78, 5) is 16.9. The first-order chi connectivity index (χ1) is 13.6. The minimum absolute atomic E-state index is 0. The number of aromatic nitrogens is 5. The van der Waals surface area contributed by atoms with E-state index < -0.39 is 0 Å². The van der Waals surface area contributed by atoms with Gasteiger partial charge in [0.15, 0.2) is 5.82 Å². The minimum atomic E-state index is -0.176. The molecule has 1 aliphatic rings. The van der Waals surface area contributed by atoms with Crippen LogP contribution in [0, 0.1) is 13.8 Å². The Morgan fingerprint density at radius 1 is 1.28 bits per heavy atom. The monoisotopic (exact) mass is 415 g/mol. The topological polar surface area (TPSA) is 89.7 Å². The van der Waals surface area contributed by atoms with Crippen LogP contribution >= 0.6 is 12.4 Å². The molecule has 9 heteroatoms. The Hall–Kier alpha value is -2.71. The zero-order valence-corrected chi connectivity index (χ0v) is 17.4. The average Bonchev–Trinajstić information content (AvgIpc) is 3.34. The Labute approximate surface area is 176 Å². The van der Waals surface area contributed by atoms with Gasteiger partial charge in [-0.2, -0.15) is 10.2 Å². The number of carbonyl (C=O) groups excluding carboxylic acids is 1. The molecule has 29 heavy (non-hydrogen) atoms. The van der Waals surface area contributed by atoms with Gasteiger partial charge in [-0.3, -0.25) is 9.48 Å². The van der Waals surface area contributed by atoms with Crippen LogP contribution in [0.2, 0.25) is 0 Å². The fourth-order valence-electron chi connectivity index (χ4n) is 3.50. The highest BCUT2D eigenvalue weighted by molar-refractivity contribution is 5.92. The van der Waals surface area contributed by atoms with Crippen LogP contribution in [-0.4, -0.2) is 43.5 Å². The Kier molecular flexibility index (Phi) is 6.66. The van der Waals surface area contributed by atoms with Crippen molar-refractivity contribution in [1.29, 1.82) is 0 Å². The number of carbonyl (C=O) groups is 1. The number of piperidine rings is 1. The summed E-state index contributed by atoms with van der Waals surface area (Å²) in [6, 6.07) is 7.96. The molecule has 4 rings (SSSR count). The molecule has 3 aromatic heterocycles. The maximum absolute atomic E-state index is 12.4. The van der Waals surface area contributed by atoms with Crippen molar-refractivity contribution >= 4 is 18.3 Å². The second kappa shape index (κ2) is 9.19. The first-order valence-corrected chi connectivity index (χ1v) is 9.63. The van der Waals surface area contributed by atoms with E-state index >= 15 is 0 Å². The third kappa shape index (κ3) is 4.83. The predicted octanol–water partition coefficient (Wildman–Crippen LogP) is 2.36. The van der Waals surface area contributed by atoms with E-state index in [1.807, 2.05) is 47.6 Å². The van der Waals surface area contributed by atoms with Gasteiger partial charge < -0.3 is 10.6 Å².